The van der Waals surface area contributed by atoms with E-state index in [9.17, 15) is 4.79 Å². The smallest absolute Gasteiger partial charge is 0.334 e. The molecule has 2 aromatic carbocycles. The molecule has 1 atom stereocenters. The summed E-state index contributed by atoms with van der Waals surface area (Å²) in [7, 11) is 0. The quantitative estimate of drug-likeness (QED) is 0.631. The van der Waals surface area contributed by atoms with Gasteiger partial charge in [-0.3, -0.25) is 0 Å². The van der Waals surface area contributed by atoms with Crippen LogP contribution in [0.4, 0.5) is 0 Å². The van der Waals surface area contributed by atoms with Crippen molar-refractivity contribution in [3.05, 3.63) is 54.6 Å². The molecule has 1 saturated heterocycles. The van der Waals surface area contributed by atoms with Crippen molar-refractivity contribution >= 4 is 16.7 Å². The summed E-state index contributed by atoms with van der Waals surface area (Å²) in [5, 5.41) is 2.18. The predicted molar refractivity (Wildman–Crippen MR) is 77.7 cm³/mol. The van der Waals surface area contributed by atoms with Crippen molar-refractivity contribution in [3.8, 4) is 5.75 Å². The van der Waals surface area contributed by atoms with Crippen LogP contribution in [0.3, 0.4) is 0 Å². The van der Waals surface area contributed by atoms with Crippen LogP contribution in [0.25, 0.3) is 10.8 Å². The van der Waals surface area contributed by atoms with E-state index < -0.39 is 5.60 Å². The Labute approximate surface area is 117 Å². The average Bonchev–Trinajstić information content (AvgIpc) is 2.70. The Bertz CT molecular complexity index is 666. The molecule has 102 valence electrons. The first-order valence-electron chi connectivity index (χ1n) is 6.59. The van der Waals surface area contributed by atoms with Crippen molar-refractivity contribution < 1.29 is 14.3 Å². The van der Waals surface area contributed by atoms with Gasteiger partial charge in [-0.05, 0) is 18.4 Å². The average molecular weight is 268 g/mol. The molecule has 0 radical (unpaired) electrons. The number of fused-ring (bicyclic) bond motifs is 1. The largest absolute Gasteiger partial charge is 0.489 e. The summed E-state index contributed by atoms with van der Waals surface area (Å²) in [6.07, 6.45) is 0.511. The van der Waals surface area contributed by atoms with Crippen molar-refractivity contribution in [1.82, 2.24) is 0 Å². The fourth-order valence-electron chi connectivity index (χ4n) is 2.49. The number of hydrogen-bond acceptors (Lipinski definition) is 3. The Hall–Kier alpha value is -2.29. The highest BCUT2D eigenvalue weighted by Crippen LogP contribution is 2.32. The van der Waals surface area contributed by atoms with E-state index in [1.807, 2.05) is 49.4 Å². The minimum atomic E-state index is -0.620. The molecular weight excluding hydrogens is 252 g/mol. The lowest BCUT2D eigenvalue weighted by molar-refractivity contribution is -0.147. The Morgan fingerprint density at radius 1 is 1.25 bits per heavy atom. The first kappa shape index (κ1) is 12.7. The van der Waals surface area contributed by atoms with Gasteiger partial charge in [0.1, 0.15) is 18.0 Å². The molecule has 3 rings (SSSR count). The SMILES string of the molecule is C=C1CC(C)(COc2cccc3ccccc23)OC1=O. The number of rotatable bonds is 3. The number of hydrogen-bond donors (Lipinski definition) is 0. The summed E-state index contributed by atoms with van der Waals surface area (Å²) in [6.45, 7) is 5.90. The Balaban J connectivity index is 1.81. The van der Waals surface area contributed by atoms with E-state index in [0.717, 1.165) is 16.5 Å². The normalized spacial score (nSPS) is 22.1. The number of carbonyl (C=O) groups is 1. The van der Waals surface area contributed by atoms with E-state index in [4.69, 9.17) is 9.47 Å². The van der Waals surface area contributed by atoms with Crippen molar-refractivity contribution in [3.63, 3.8) is 0 Å². The van der Waals surface area contributed by atoms with Gasteiger partial charge in [0.15, 0.2) is 0 Å². The Kier molecular flexibility index (Phi) is 2.97. The number of cyclic esters (lactones) is 1. The molecule has 3 heteroatoms. The molecule has 1 aliphatic rings. The summed E-state index contributed by atoms with van der Waals surface area (Å²) in [5.41, 5.74) is -0.112. The van der Waals surface area contributed by atoms with Crippen LogP contribution < -0.4 is 4.74 Å². The summed E-state index contributed by atoms with van der Waals surface area (Å²) in [5.74, 6) is 0.479. The van der Waals surface area contributed by atoms with Gasteiger partial charge in [-0.15, -0.1) is 0 Å². The number of carbonyl (C=O) groups excluding carboxylic acids is 1. The summed E-state index contributed by atoms with van der Waals surface area (Å²) < 4.78 is 11.2. The third-order valence-electron chi connectivity index (χ3n) is 3.50. The molecule has 1 unspecified atom stereocenters. The van der Waals surface area contributed by atoms with Gasteiger partial charge in [-0.25, -0.2) is 4.79 Å². The zero-order valence-corrected chi connectivity index (χ0v) is 11.4. The third kappa shape index (κ3) is 2.27. The maximum atomic E-state index is 11.4. The number of esters is 1. The van der Waals surface area contributed by atoms with Crippen molar-refractivity contribution in [2.24, 2.45) is 0 Å². The van der Waals surface area contributed by atoms with E-state index in [2.05, 4.69) is 6.58 Å². The molecule has 1 fully saturated rings. The molecule has 1 aliphatic heterocycles. The molecule has 0 aliphatic carbocycles. The predicted octanol–water partition coefficient (Wildman–Crippen LogP) is 3.48. The molecule has 0 saturated carbocycles. The highest BCUT2D eigenvalue weighted by atomic mass is 16.6. The highest BCUT2D eigenvalue weighted by molar-refractivity contribution is 5.90. The summed E-state index contributed by atoms with van der Waals surface area (Å²) >= 11 is 0. The molecule has 0 N–H and O–H groups in total. The van der Waals surface area contributed by atoms with E-state index in [0.29, 0.717) is 18.6 Å². The van der Waals surface area contributed by atoms with Crippen LogP contribution in [0.15, 0.2) is 54.6 Å². The van der Waals surface area contributed by atoms with Crippen LogP contribution >= 0.6 is 0 Å². The zero-order chi connectivity index (χ0) is 14.2. The zero-order valence-electron chi connectivity index (χ0n) is 11.4. The van der Waals surface area contributed by atoms with Crippen LogP contribution in [0, 0.1) is 0 Å². The van der Waals surface area contributed by atoms with Crippen LogP contribution in [0.2, 0.25) is 0 Å². The van der Waals surface area contributed by atoms with E-state index in [1.165, 1.54) is 0 Å². The lowest BCUT2D eigenvalue weighted by atomic mass is 10.0. The van der Waals surface area contributed by atoms with E-state index >= 15 is 0 Å². The van der Waals surface area contributed by atoms with Crippen LogP contribution in [0.5, 0.6) is 5.75 Å². The summed E-state index contributed by atoms with van der Waals surface area (Å²) in [4.78, 5) is 11.4. The van der Waals surface area contributed by atoms with Gasteiger partial charge in [-0.1, -0.05) is 43.0 Å². The Morgan fingerprint density at radius 2 is 2.00 bits per heavy atom. The fourth-order valence-corrected chi connectivity index (χ4v) is 2.49. The second kappa shape index (κ2) is 4.67. The van der Waals surface area contributed by atoms with Gasteiger partial charge in [0, 0.05) is 17.4 Å². The minimum absolute atomic E-state index is 0.325. The monoisotopic (exact) mass is 268 g/mol. The molecule has 2 aromatic rings. The maximum Gasteiger partial charge on any atom is 0.334 e. The second-order valence-corrected chi connectivity index (χ2v) is 5.39. The lowest BCUT2D eigenvalue weighted by Gasteiger charge is -2.22. The fraction of sp³-hybridized carbons (Fsp3) is 0.235. The standard InChI is InChI=1S/C17H16O3/c1-12-10-17(2,20-16(12)18)11-19-15-9-5-7-13-6-3-4-8-14(13)15/h3-9H,1,10-11H2,2H3. The van der Waals surface area contributed by atoms with Crippen LogP contribution in [-0.2, 0) is 9.53 Å². The van der Waals surface area contributed by atoms with Gasteiger partial charge < -0.3 is 9.47 Å². The molecule has 0 bridgehead atoms. The molecule has 0 aromatic heterocycles. The lowest BCUT2D eigenvalue weighted by Crippen LogP contribution is -2.32. The molecule has 1 heterocycles. The molecule has 3 nitrogen and oxygen atoms in total. The third-order valence-corrected chi connectivity index (χ3v) is 3.50. The van der Waals surface area contributed by atoms with Gasteiger partial charge in [0.05, 0.1) is 0 Å². The molecular formula is C17H16O3. The second-order valence-electron chi connectivity index (χ2n) is 5.39. The van der Waals surface area contributed by atoms with Gasteiger partial charge >= 0.3 is 5.97 Å². The number of ether oxygens (including phenoxy) is 2. The van der Waals surface area contributed by atoms with E-state index in [-0.39, 0.29) is 5.97 Å². The maximum absolute atomic E-state index is 11.4. The first-order chi connectivity index (χ1) is 9.57. The van der Waals surface area contributed by atoms with Crippen LogP contribution in [0.1, 0.15) is 13.3 Å². The molecule has 0 amide bonds. The van der Waals surface area contributed by atoms with E-state index in [1.54, 1.807) is 0 Å². The first-order valence-corrected chi connectivity index (χ1v) is 6.59. The van der Waals surface area contributed by atoms with Gasteiger partial charge in [0.2, 0.25) is 0 Å². The van der Waals surface area contributed by atoms with Gasteiger partial charge in [0.25, 0.3) is 0 Å². The van der Waals surface area contributed by atoms with Crippen molar-refractivity contribution in [1.29, 1.82) is 0 Å². The topological polar surface area (TPSA) is 35.5 Å². The molecule has 0 spiro atoms. The minimum Gasteiger partial charge on any atom is -0.489 e. The van der Waals surface area contributed by atoms with Crippen molar-refractivity contribution in [2.75, 3.05) is 6.61 Å². The van der Waals surface area contributed by atoms with Crippen molar-refractivity contribution in [2.45, 2.75) is 18.9 Å². The highest BCUT2D eigenvalue weighted by Gasteiger charge is 2.39. The molecule has 20 heavy (non-hydrogen) atoms. The Morgan fingerprint density at radius 3 is 2.75 bits per heavy atom. The van der Waals surface area contributed by atoms with Gasteiger partial charge in [-0.2, -0.15) is 0 Å². The van der Waals surface area contributed by atoms with Crippen LogP contribution in [-0.4, -0.2) is 18.2 Å². The summed E-state index contributed by atoms with van der Waals surface area (Å²) in [6, 6.07) is 14.0. The number of benzene rings is 2.